The lowest BCUT2D eigenvalue weighted by Gasteiger charge is -2.12. The van der Waals surface area contributed by atoms with Gasteiger partial charge in [-0.1, -0.05) is 17.7 Å². The topological polar surface area (TPSA) is 58.6 Å². The van der Waals surface area contributed by atoms with E-state index in [9.17, 15) is 9.59 Å². The van der Waals surface area contributed by atoms with Crippen molar-refractivity contribution in [3.63, 3.8) is 0 Å². The monoisotopic (exact) mass is 296 g/mol. The molecule has 0 unspecified atom stereocenters. The first-order valence-electron chi connectivity index (χ1n) is 6.54. The molecule has 1 saturated heterocycles. The van der Waals surface area contributed by atoms with Gasteiger partial charge >= 0.3 is 6.09 Å². The summed E-state index contributed by atoms with van der Waals surface area (Å²) < 4.78 is 4.81. The molecule has 0 saturated carbocycles. The van der Waals surface area contributed by atoms with E-state index in [0.29, 0.717) is 43.2 Å². The van der Waals surface area contributed by atoms with E-state index in [1.54, 1.807) is 17.0 Å². The first kappa shape index (κ1) is 14.7. The molecule has 20 heavy (non-hydrogen) atoms. The van der Waals surface area contributed by atoms with Crippen LogP contribution >= 0.6 is 11.6 Å². The van der Waals surface area contributed by atoms with Crippen LogP contribution in [0.3, 0.4) is 0 Å². The van der Waals surface area contributed by atoms with Gasteiger partial charge in [-0.15, -0.1) is 0 Å². The Labute approximate surface area is 122 Å². The standard InChI is InChI=1S/C14H17ClN2O3/c1-10-4-5-12(11(15)9-10)16-13(18)3-2-6-17-7-8-20-14(17)19/h4-5,9H,2-3,6-8H2,1H3,(H,16,18). The molecule has 0 radical (unpaired) electrons. The van der Waals surface area contributed by atoms with Gasteiger partial charge in [0.05, 0.1) is 17.3 Å². The van der Waals surface area contributed by atoms with E-state index in [4.69, 9.17) is 16.3 Å². The summed E-state index contributed by atoms with van der Waals surface area (Å²) in [6.07, 6.45) is 0.644. The predicted octanol–water partition coefficient (Wildman–Crippen LogP) is 2.82. The largest absolute Gasteiger partial charge is 0.448 e. The normalized spacial score (nSPS) is 14.3. The van der Waals surface area contributed by atoms with Crippen molar-refractivity contribution in [2.45, 2.75) is 19.8 Å². The highest BCUT2D eigenvalue weighted by molar-refractivity contribution is 6.33. The zero-order valence-corrected chi connectivity index (χ0v) is 12.1. The van der Waals surface area contributed by atoms with Crippen molar-refractivity contribution in [3.05, 3.63) is 28.8 Å². The maximum absolute atomic E-state index is 11.8. The highest BCUT2D eigenvalue weighted by Crippen LogP contribution is 2.22. The Kier molecular flexibility index (Phi) is 4.84. The smallest absolute Gasteiger partial charge is 0.409 e. The first-order valence-corrected chi connectivity index (χ1v) is 6.92. The molecule has 2 rings (SSSR count). The summed E-state index contributed by atoms with van der Waals surface area (Å²) in [5.41, 5.74) is 1.66. The average Bonchev–Trinajstić information content (AvgIpc) is 2.79. The van der Waals surface area contributed by atoms with Crippen molar-refractivity contribution in [2.24, 2.45) is 0 Å². The van der Waals surface area contributed by atoms with Crippen LogP contribution in [0.15, 0.2) is 18.2 Å². The fourth-order valence-electron chi connectivity index (χ4n) is 1.99. The van der Waals surface area contributed by atoms with Gasteiger partial charge in [-0.05, 0) is 31.0 Å². The quantitative estimate of drug-likeness (QED) is 0.909. The number of ether oxygens (including phenoxy) is 1. The van der Waals surface area contributed by atoms with Gasteiger partial charge in [0.25, 0.3) is 0 Å². The second-order valence-electron chi connectivity index (χ2n) is 4.74. The summed E-state index contributed by atoms with van der Waals surface area (Å²) >= 11 is 6.05. The Hall–Kier alpha value is -1.75. The molecule has 1 aliphatic rings. The molecule has 6 heteroatoms. The van der Waals surface area contributed by atoms with E-state index in [1.807, 2.05) is 13.0 Å². The van der Waals surface area contributed by atoms with Crippen LogP contribution in [-0.2, 0) is 9.53 Å². The average molecular weight is 297 g/mol. The number of benzene rings is 1. The van der Waals surface area contributed by atoms with E-state index >= 15 is 0 Å². The van der Waals surface area contributed by atoms with E-state index in [0.717, 1.165) is 5.56 Å². The number of nitrogens with one attached hydrogen (secondary N) is 1. The van der Waals surface area contributed by atoms with E-state index in [2.05, 4.69) is 5.32 Å². The fraction of sp³-hybridized carbons (Fsp3) is 0.429. The Bertz CT molecular complexity index is 519. The lowest BCUT2D eigenvalue weighted by atomic mass is 10.2. The Morgan fingerprint density at radius 3 is 2.95 bits per heavy atom. The summed E-state index contributed by atoms with van der Waals surface area (Å²) in [4.78, 5) is 24.6. The van der Waals surface area contributed by atoms with Crippen LogP contribution < -0.4 is 5.32 Å². The maximum atomic E-state index is 11.8. The number of aryl methyl sites for hydroxylation is 1. The molecule has 1 fully saturated rings. The van der Waals surface area contributed by atoms with Crippen LogP contribution in [0.1, 0.15) is 18.4 Å². The minimum absolute atomic E-state index is 0.108. The molecular formula is C14H17ClN2O3. The summed E-state index contributed by atoms with van der Waals surface area (Å²) in [5.74, 6) is -0.108. The van der Waals surface area contributed by atoms with Crippen molar-refractivity contribution in [1.29, 1.82) is 0 Å². The molecule has 1 aliphatic heterocycles. The Balaban J connectivity index is 1.76. The molecule has 0 aromatic heterocycles. The van der Waals surface area contributed by atoms with Gasteiger partial charge in [-0.2, -0.15) is 0 Å². The molecular weight excluding hydrogens is 280 g/mol. The van der Waals surface area contributed by atoms with Gasteiger partial charge < -0.3 is 15.0 Å². The van der Waals surface area contributed by atoms with Crippen molar-refractivity contribution in [1.82, 2.24) is 4.90 Å². The number of carbonyl (C=O) groups is 2. The molecule has 1 aromatic carbocycles. The molecule has 0 aliphatic carbocycles. The number of carbonyl (C=O) groups excluding carboxylic acids is 2. The minimum atomic E-state index is -0.299. The molecule has 0 atom stereocenters. The minimum Gasteiger partial charge on any atom is -0.448 e. The van der Waals surface area contributed by atoms with Crippen LogP contribution in [0.25, 0.3) is 0 Å². The number of rotatable bonds is 5. The van der Waals surface area contributed by atoms with E-state index in [1.165, 1.54) is 0 Å². The molecule has 1 heterocycles. The van der Waals surface area contributed by atoms with Gasteiger partial charge in [-0.3, -0.25) is 4.79 Å². The number of amides is 2. The molecule has 1 aromatic rings. The van der Waals surface area contributed by atoms with Gasteiger partial charge in [0.1, 0.15) is 6.61 Å². The van der Waals surface area contributed by atoms with Gasteiger partial charge in [-0.25, -0.2) is 4.79 Å². The molecule has 0 bridgehead atoms. The Morgan fingerprint density at radius 2 is 2.30 bits per heavy atom. The number of hydrogen-bond acceptors (Lipinski definition) is 3. The summed E-state index contributed by atoms with van der Waals surface area (Å²) in [6, 6.07) is 5.48. The van der Waals surface area contributed by atoms with Crippen molar-refractivity contribution < 1.29 is 14.3 Å². The van der Waals surface area contributed by atoms with Crippen molar-refractivity contribution >= 4 is 29.3 Å². The second-order valence-corrected chi connectivity index (χ2v) is 5.14. The Morgan fingerprint density at radius 1 is 1.50 bits per heavy atom. The number of anilines is 1. The molecule has 108 valence electrons. The van der Waals surface area contributed by atoms with Crippen LogP contribution in [0, 0.1) is 6.92 Å². The van der Waals surface area contributed by atoms with Crippen LogP contribution in [0.4, 0.5) is 10.5 Å². The van der Waals surface area contributed by atoms with Gasteiger partial charge in [0, 0.05) is 13.0 Å². The second kappa shape index (κ2) is 6.61. The lowest BCUT2D eigenvalue weighted by molar-refractivity contribution is -0.116. The highest BCUT2D eigenvalue weighted by atomic mass is 35.5. The summed E-state index contributed by atoms with van der Waals surface area (Å²) in [5, 5.41) is 3.30. The molecule has 1 N–H and O–H groups in total. The number of cyclic esters (lactones) is 1. The zero-order chi connectivity index (χ0) is 14.5. The lowest BCUT2D eigenvalue weighted by Crippen LogP contribution is -2.26. The number of hydrogen-bond donors (Lipinski definition) is 1. The predicted molar refractivity (Wildman–Crippen MR) is 77.0 cm³/mol. The third-order valence-corrected chi connectivity index (χ3v) is 3.39. The van der Waals surface area contributed by atoms with Crippen LogP contribution in [0.5, 0.6) is 0 Å². The molecule has 0 spiro atoms. The first-order chi connectivity index (χ1) is 9.56. The summed E-state index contributed by atoms with van der Waals surface area (Å²) in [6.45, 7) is 3.51. The van der Waals surface area contributed by atoms with Gasteiger partial charge in [0.2, 0.25) is 5.91 Å². The third-order valence-electron chi connectivity index (χ3n) is 3.08. The van der Waals surface area contributed by atoms with Crippen LogP contribution in [0.2, 0.25) is 5.02 Å². The van der Waals surface area contributed by atoms with Crippen molar-refractivity contribution in [3.8, 4) is 0 Å². The highest BCUT2D eigenvalue weighted by Gasteiger charge is 2.21. The zero-order valence-electron chi connectivity index (χ0n) is 11.3. The third kappa shape index (κ3) is 3.87. The van der Waals surface area contributed by atoms with Gasteiger partial charge in [0.15, 0.2) is 0 Å². The van der Waals surface area contributed by atoms with Crippen molar-refractivity contribution in [2.75, 3.05) is 25.0 Å². The van der Waals surface area contributed by atoms with E-state index in [-0.39, 0.29) is 12.0 Å². The molecule has 2 amide bonds. The fourth-order valence-corrected chi connectivity index (χ4v) is 2.28. The SMILES string of the molecule is Cc1ccc(NC(=O)CCCN2CCOC2=O)c(Cl)c1. The summed E-state index contributed by atoms with van der Waals surface area (Å²) in [7, 11) is 0. The van der Waals surface area contributed by atoms with E-state index < -0.39 is 0 Å². The number of halogens is 1. The maximum Gasteiger partial charge on any atom is 0.409 e. The number of nitrogens with zero attached hydrogens (tertiary/aromatic N) is 1. The van der Waals surface area contributed by atoms with Crippen LogP contribution in [-0.4, -0.2) is 36.6 Å². The molecule has 5 nitrogen and oxygen atoms in total.